The molecular weight excluding hydrogens is 554 g/mol. The molecule has 0 saturated carbocycles. The maximum atomic E-state index is 14.0. The molecule has 0 amide bonds. The molecular formula is C29H28ClN3O4S2. The number of hydrogen-bond acceptors (Lipinski definition) is 5. The van der Waals surface area contributed by atoms with Gasteiger partial charge in [0.25, 0.3) is 10.0 Å². The van der Waals surface area contributed by atoms with Crippen molar-refractivity contribution >= 4 is 37.9 Å². The number of nitrogens with one attached hydrogen (secondary N) is 1. The van der Waals surface area contributed by atoms with Crippen LogP contribution in [0.4, 0.5) is 0 Å². The van der Waals surface area contributed by atoms with Gasteiger partial charge in [0, 0.05) is 11.6 Å². The first-order valence-electron chi connectivity index (χ1n) is 12.1. The molecule has 0 spiro atoms. The Labute approximate surface area is 234 Å². The van der Waals surface area contributed by atoms with Gasteiger partial charge in [-0.25, -0.2) is 13.1 Å². The van der Waals surface area contributed by atoms with Gasteiger partial charge < -0.3 is 0 Å². The van der Waals surface area contributed by atoms with Crippen molar-refractivity contribution in [2.45, 2.75) is 29.7 Å². The highest BCUT2D eigenvalue weighted by Crippen LogP contribution is 2.30. The van der Waals surface area contributed by atoms with Crippen LogP contribution in [0.5, 0.6) is 0 Å². The van der Waals surface area contributed by atoms with Crippen LogP contribution in [-0.4, -0.2) is 34.0 Å². The van der Waals surface area contributed by atoms with Crippen LogP contribution in [0.25, 0.3) is 0 Å². The Hall–Kier alpha value is -3.50. The lowest BCUT2D eigenvalue weighted by molar-refractivity contribution is 0.337. The first kappa shape index (κ1) is 28.5. The zero-order valence-electron chi connectivity index (χ0n) is 21.4. The fourth-order valence-electron chi connectivity index (χ4n) is 3.79. The van der Waals surface area contributed by atoms with Gasteiger partial charge in [-0.3, -0.25) is 0 Å². The molecule has 0 saturated heterocycles. The summed E-state index contributed by atoms with van der Waals surface area (Å²) < 4.78 is 57.8. The lowest BCUT2D eigenvalue weighted by Gasteiger charge is -2.29. The Balaban J connectivity index is 1.80. The van der Waals surface area contributed by atoms with E-state index in [1.165, 1.54) is 30.5 Å². The number of rotatable bonds is 10. The SMILES string of the molecule is Cc1ccc(S(=O)(=O)NCC(c2ccc(Cl)cc2)N(/N=C/c2ccccc2)S(=O)(=O)c2ccc(C)cc2)cc1. The monoisotopic (exact) mass is 581 g/mol. The quantitative estimate of drug-likeness (QED) is 0.192. The molecule has 4 aromatic rings. The molecule has 0 aromatic heterocycles. The zero-order valence-corrected chi connectivity index (χ0v) is 23.8. The smallest absolute Gasteiger partial charge is 0.209 e. The van der Waals surface area contributed by atoms with Crippen LogP contribution >= 0.6 is 11.6 Å². The molecule has 0 radical (unpaired) electrons. The highest BCUT2D eigenvalue weighted by molar-refractivity contribution is 7.89. The summed E-state index contributed by atoms with van der Waals surface area (Å²) in [5, 5.41) is 4.86. The van der Waals surface area contributed by atoms with Crippen molar-refractivity contribution in [3.05, 3.63) is 130 Å². The second-order valence-electron chi connectivity index (χ2n) is 8.98. The van der Waals surface area contributed by atoms with E-state index in [0.29, 0.717) is 16.1 Å². The molecule has 10 heteroatoms. The first-order chi connectivity index (χ1) is 18.6. The Kier molecular flexibility index (Phi) is 8.87. The molecule has 1 atom stereocenters. The largest absolute Gasteiger partial charge is 0.279 e. The Bertz CT molecular complexity index is 1640. The minimum atomic E-state index is -4.22. The van der Waals surface area contributed by atoms with Crippen molar-refractivity contribution in [1.29, 1.82) is 0 Å². The van der Waals surface area contributed by atoms with Gasteiger partial charge in [-0.05, 0) is 61.4 Å². The van der Waals surface area contributed by atoms with E-state index in [1.54, 1.807) is 60.7 Å². The molecule has 1 N–H and O–H groups in total. The number of aryl methyl sites for hydroxylation is 2. The fraction of sp³-hybridized carbons (Fsp3) is 0.138. The molecule has 0 bridgehead atoms. The van der Waals surface area contributed by atoms with Crippen LogP contribution in [0.1, 0.15) is 28.3 Å². The summed E-state index contributed by atoms with van der Waals surface area (Å²) in [7, 11) is -8.17. The number of hydrogen-bond donors (Lipinski definition) is 1. The van der Waals surface area contributed by atoms with Crippen LogP contribution < -0.4 is 4.72 Å². The molecule has 7 nitrogen and oxygen atoms in total. The lowest BCUT2D eigenvalue weighted by Crippen LogP contribution is -2.39. The minimum absolute atomic E-state index is 0.0265. The second-order valence-corrected chi connectivity index (χ2v) is 13.0. The van der Waals surface area contributed by atoms with Gasteiger partial charge in [-0.15, -0.1) is 0 Å². The molecule has 4 rings (SSSR count). The van der Waals surface area contributed by atoms with Gasteiger partial charge in [0.15, 0.2) is 0 Å². The standard InChI is InChI=1S/C29H28ClN3O4S2/c1-22-8-16-27(17-9-22)38(34,35)32-21-29(25-12-14-26(30)15-13-25)33(31-20-24-6-4-3-5-7-24)39(36,37)28-18-10-23(2)11-19-28/h3-20,29,32H,21H2,1-2H3/b31-20+. The Morgan fingerprint density at radius 1 is 0.769 bits per heavy atom. The highest BCUT2D eigenvalue weighted by Gasteiger charge is 2.33. The number of hydrazone groups is 1. The molecule has 0 aliphatic rings. The van der Waals surface area contributed by atoms with E-state index in [2.05, 4.69) is 9.82 Å². The van der Waals surface area contributed by atoms with Gasteiger partial charge in [0.2, 0.25) is 10.0 Å². The van der Waals surface area contributed by atoms with Crippen molar-refractivity contribution in [1.82, 2.24) is 9.14 Å². The highest BCUT2D eigenvalue weighted by atomic mass is 35.5. The average Bonchev–Trinajstić information content (AvgIpc) is 2.92. The minimum Gasteiger partial charge on any atom is -0.209 e. The van der Waals surface area contributed by atoms with Crippen molar-refractivity contribution in [3.63, 3.8) is 0 Å². The van der Waals surface area contributed by atoms with Gasteiger partial charge in [-0.2, -0.15) is 17.9 Å². The van der Waals surface area contributed by atoms with Crippen molar-refractivity contribution in [2.24, 2.45) is 5.10 Å². The van der Waals surface area contributed by atoms with Gasteiger partial charge in [0.05, 0.1) is 16.0 Å². The van der Waals surface area contributed by atoms with Crippen LogP contribution in [0, 0.1) is 13.8 Å². The van der Waals surface area contributed by atoms with E-state index in [0.717, 1.165) is 15.5 Å². The summed E-state index contributed by atoms with van der Waals surface area (Å²) in [6.45, 7) is 3.44. The summed E-state index contributed by atoms with van der Waals surface area (Å²) in [5.41, 5.74) is 3.00. The third kappa shape index (κ3) is 7.13. The molecule has 0 fully saturated rings. The summed E-state index contributed by atoms with van der Waals surface area (Å²) in [6.07, 6.45) is 1.43. The first-order valence-corrected chi connectivity index (χ1v) is 15.4. The van der Waals surface area contributed by atoms with Crippen molar-refractivity contribution < 1.29 is 16.8 Å². The summed E-state index contributed by atoms with van der Waals surface area (Å²) in [6, 6.07) is 27.4. The molecule has 1 unspecified atom stereocenters. The predicted octanol–water partition coefficient (Wildman–Crippen LogP) is 5.70. The molecule has 39 heavy (non-hydrogen) atoms. The zero-order chi connectivity index (χ0) is 28.0. The lowest BCUT2D eigenvalue weighted by atomic mass is 10.1. The fourth-order valence-corrected chi connectivity index (χ4v) is 6.35. The maximum Gasteiger partial charge on any atom is 0.279 e. The van der Waals surface area contributed by atoms with Crippen LogP contribution in [-0.2, 0) is 20.0 Å². The number of sulfonamides is 2. The van der Waals surface area contributed by atoms with Crippen LogP contribution in [0.15, 0.2) is 118 Å². The third-order valence-electron chi connectivity index (χ3n) is 6.00. The third-order valence-corrected chi connectivity index (χ3v) is 9.41. The topological polar surface area (TPSA) is 95.9 Å². The maximum absolute atomic E-state index is 14.0. The van der Waals surface area contributed by atoms with Crippen molar-refractivity contribution in [3.8, 4) is 0 Å². The van der Waals surface area contributed by atoms with Crippen LogP contribution in [0.2, 0.25) is 5.02 Å². The normalized spacial score (nSPS) is 12.9. The predicted molar refractivity (Wildman–Crippen MR) is 155 cm³/mol. The Morgan fingerprint density at radius 2 is 1.31 bits per heavy atom. The molecule has 0 heterocycles. The molecule has 0 aliphatic heterocycles. The van der Waals surface area contributed by atoms with Crippen molar-refractivity contribution in [2.75, 3.05) is 6.54 Å². The summed E-state index contributed by atoms with van der Waals surface area (Å²) in [4.78, 5) is 0.0994. The van der Waals surface area contributed by atoms with E-state index in [1.807, 2.05) is 32.0 Å². The molecule has 4 aromatic carbocycles. The van der Waals surface area contributed by atoms with E-state index in [4.69, 9.17) is 11.6 Å². The summed E-state index contributed by atoms with van der Waals surface area (Å²) in [5.74, 6) is 0. The van der Waals surface area contributed by atoms with E-state index >= 15 is 0 Å². The van der Waals surface area contributed by atoms with E-state index < -0.39 is 26.1 Å². The summed E-state index contributed by atoms with van der Waals surface area (Å²) >= 11 is 6.11. The molecule has 202 valence electrons. The van der Waals surface area contributed by atoms with E-state index in [-0.39, 0.29) is 16.3 Å². The number of benzene rings is 4. The van der Waals surface area contributed by atoms with Gasteiger partial charge in [0.1, 0.15) is 6.04 Å². The average molecular weight is 582 g/mol. The Morgan fingerprint density at radius 3 is 1.87 bits per heavy atom. The molecule has 0 aliphatic carbocycles. The van der Waals surface area contributed by atoms with E-state index in [9.17, 15) is 16.8 Å². The van der Waals surface area contributed by atoms with Crippen LogP contribution in [0.3, 0.4) is 0 Å². The van der Waals surface area contributed by atoms with Gasteiger partial charge >= 0.3 is 0 Å². The van der Waals surface area contributed by atoms with Gasteiger partial charge in [-0.1, -0.05) is 89.5 Å². The number of nitrogens with zero attached hydrogens (tertiary/aromatic N) is 2. The second kappa shape index (κ2) is 12.1. The number of halogens is 1.